The lowest BCUT2D eigenvalue weighted by Gasteiger charge is -2.37. The highest BCUT2D eigenvalue weighted by atomic mass is 35.5. The average Bonchev–Trinajstić information content (AvgIpc) is 2.62. The van der Waals surface area contributed by atoms with Crippen LogP contribution in [0.25, 0.3) is 0 Å². The normalized spacial score (nSPS) is 18.9. The summed E-state index contributed by atoms with van der Waals surface area (Å²) in [6, 6.07) is 18.8. The fraction of sp³-hybridized carbons (Fsp3) is 0.0952. The van der Waals surface area contributed by atoms with Crippen LogP contribution in [0.1, 0.15) is 21.5 Å². The maximum Gasteiger partial charge on any atom is 0.188 e. The Morgan fingerprint density at radius 2 is 1.65 bits per heavy atom. The molecule has 1 aliphatic heterocycles. The van der Waals surface area contributed by atoms with Gasteiger partial charge in [0.15, 0.2) is 5.78 Å². The molecule has 4 rings (SSSR count). The number of hydrogen-bond donors (Lipinski definition) is 2. The van der Waals surface area contributed by atoms with Gasteiger partial charge in [0.2, 0.25) is 0 Å². The van der Waals surface area contributed by atoms with Crippen LogP contribution in [0.15, 0.2) is 66.7 Å². The van der Waals surface area contributed by atoms with Crippen molar-refractivity contribution in [1.82, 2.24) is 0 Å². The van der Waals surface area contributed by atoms with Crippen LogP contribution < -0.4 is 4.74 Å². The number of halogens is 1. The van der Waals surface area contributed by atoms with Gasteiger partial charge in [0.05, 0.1) is 0 Å². The molecule has 0 amide bonds. The molecule has 4 nitrogen and oxygen atoms in total. The number of ether oxygens (including phenoxy) is 1. The molecule has 26 heavy (non-hydrogen) atoms. The summed E-state index contributed by atoms with van der Waals surface area (Å²) in [5.74, 6) is -0.609. The van der Waals surface area contributed by atoms with Crippen LogP contribution in [-0.2, 0) is 5.41 Å². The topological polar surface area (TPSA) is 66.8 Å². The van der Waals surface area contributed by atoms with Crippen molar-refractivity contribution in [1.29, 1.82) is 0 Å². The van der Waals surface area contributed by atoms with Crippen LogP contribution in [0, 0.1) is 0 Å². The Morgan fingerprint density at radius 3 is 2.38 bits per heavy atom. The number of benzene rings is 3. The predicted molar refractivity (Wildman–Crippen MR) is 98.3 cm³/mol. The number of hydrogen-bond acceptors (Lipinski definition) is 4. The summed E-state index contributed by atoms with van der Waals surface area (Å²) in [4.78, 5) is 13.6. The number of carbonyl (C=O) groups is 1. The molecule has 0 aromatic heterocycles. The minimum atomic E-state index is -1.15. The minimum absolute atomic E-state index is 0.0338. The monoisotopic (exact) mass is 366 g/mol. The Morgan fingerprint density at radius 1 is 0.923 bits per heavy atom. The molecule has 2 N–H and O–H groups in total. The fourth-order valence-corrected chi connectivity index (χ4v) is 3.66. The number of rotatable bonds is 2. The SMILES string of the molecule is O=C1c2c(O)cc(O)cc2OCC1(c1ccccc1)c1cccc(Cl)c1. The van der Waals surface area contributed by atoms with Gasteiger partial charge >= 0.3 is 0 Å². The summed E-state index contributed by atoms with van der Waals surface area (Å²) >= 11 is 6.18. The zero-order chi connectivity index (χ0) is 18.3. The molecule has 0 saturated heterocycles. The first kappa shape index (κ1) is 16.5. The zero-order valence-electron chi connectivity index (χ0n) is 13.6. The van der Waals surface area contributed by atoms with Gasteiger partial charge in [0.1, 0.15) is 34.8 Å². The Labute approximate surface area is 155 Å². The van der Waals surface area contributed by atoms with E-state index in [4.69, 9.17) is 16.3 Å². The Bertz CT molecular complexity index is 1000. The molecule has 0 spiro atoms. The van der Waals surface area contributed by atoms with Gasteiger partial charge in [-0.2, -0.15) is 0 Å². The summed E-state index contributed by atoms with van der Waals surface area (Å²) in [6.45, 7) is 0.0338. The Kier molecular flexibility index (Phi) is 3.85. The van der Waals surface area contributed by atoms with Crippen LogP contribution in [0.5, 0.6) is 17.2 Å². The van der Waals surface area contributed by atoms with Crippen molar-refractivity contribution >= 4 is 17.4 Å². The number of ketones is 1. The molecule has 1 unspecified atom stereocenters. The standard InChI is InChI=1S/C21H15ClO4/c22-15-8-4-7-14(9-15)21(13-5-2-1-3-6-13)12-26-18-11-16(23)10-17(24)19(18)20(21)25/h1-11,23-24H,12H2. The van der Waals surface area contributed by atoms with E-state index in [1.807, 2.05) is 36.4 Å². The molecule has 5 heteroatoms. The second-order valence-corrected chi connectivity index (χ2v) is 6.67. The first-order chi connectivity index (χ1) is 12.5. The van der Waals surface area contributed by atoms with E-state index in [1.54, 1.807) is 18.2 Å². The molecule has 0 fully saturated rings. The van der Waals surface area contributed by atoms with E-state index in [9.17, 15) is 15.0 Å². The van der Waals surface area contributed by atoms with Gasteiger partial charge in [0.25, 0.3) is 0 Å². The number of carbonyl (C=O) groups excluding carboxylic acids is 1. The molecule has 0 aliphatic carbocycles. The van der Waals surface area contributed by atoms with E-state index in [0.717, 1.165) is 11.6 Å². The largest absolute Gasteiger partial charge is 0.508 e. The summed E-state index contributed by atoms with van der Waals surface area (Å²) in [6.07, 6.45) is 0. The molecule has 3 aromatic rings. The number of phenols is 2. The summed E-state index contributed by atoms with van der Waals surface area (Å²) < 4.78 is 5.84. The Balaban J connectivity index is 2.00. The molecule has 3 aromatic carbocycles. The van der Waals surface area contributed by atoms with E-state index in [2.05, 4.69) is 0 Å². The molecule has 0 radical (unpaired) electrons. The van der Waals surface area contributed by atoms with Gasteiger partial charge in [0, 0.05) is 17.2 Å². The summed E-state index contributed by atoms with van der Waals surface area (Å²) in [5.41, 5.74) is 0.329. The zero-order valence-corrected chi connectivity index (χ0v) is 14.4. The Hall–Kier alpha value is -2.98. The van der Waals surface area contributed by atoms with Gasteiger partial charge in [-0.1, -0.05) is 54.1 Å². The first-order valence-corrected chi connectivity index (χ1v) is 8.45. The number of fused-ring (bicyclic) bond motifs is 1. The van der Waals surface area contributed by atoms with E-state index < -0.39 is 5.41 Å². The first-order valence-electron chi connectivity index (χ1n) is 8.07. The predicted octanol–water partition coefficient (Wildman–Crippen LogP) is 4.31. The minimum Gasteiger partial charge on any atom is -0.508 e. The van der Waals surface area contributed by atoms with Crippen LogP contribution in [0.2, 0.25) is 5.02 Å². The highest BCUT2D eigenvalue weighted by molar-refractivity contribution is 6.30. The number of Topliss-reactive ketones (excluding diaryl/α,β-unsaturated/α-hetero) is 1. The quantitative estimate of drug-likeness (QED) is 0.709. The van der Waals surface area contributed by atoms with E-state index in [-0.39, 0.29) is 35.2 Å². The van der Waals surface area contributed by atoms with Crippen LogP contribution in [0.4, 0.5) is 0 Å². The van der Waals surface area contributed by atoms with Crippen molar-refractivity contribution in [3.63, 3.8) is 0 Å². The lowest BCUT2D eigenvalue weighted by atomic mass is 9.68. The van der Waals surface area contributed by atoms with Crippen molar-refractivity contribution in [3.8, 4) is 17.2 Å². The molecular formula is C21H15ClO4. The molecule has 0 saturated carbocycles. The number of phenolic OH excluding ortho intramolecular Hbond substituents is 2. The second kappa shape index (κ2) is 6.07. The molecular weight excluding hydrogens is 352 g/mol. The van der Waals surface area contributed by atoms with Crippen molar-refractivity contribution in [2.45, 2.75) is 5.41 Å². The summed E-state index contributed by atoms with van der Waals surface area (Å²) in [5, 5.41) is 20.5. The van der Waals surface area contributed by atoms with Crippen molar-refractivity contribution in [2.24, 2.45) is 0 Å². The number of aromatic hydroxyl groups is 2. The third-order valence-electron chi connectivity index (χ3n) is 4.71. The van der Waals surface area contributed by atoms with Crippen LogP contribution in [-0.4, -0.2) is 22.6 Å². The average molecular weight is 367 g/mol. The second-order valence-electron chi connectivity index (χ2n) is 6.24. The lowest BCUT2D eigenvalue weighted by molar-refractivity contribution is 0.0813. The fourth-order valence-electron chi connectivity index (χ4n) is 3.47. The van der Waals surface area contributed by atoms with Gasteiger partial charge < -0.3 is 14.9 Å². The molecule has 130 valence electrons. The third kappa shape index (κ3) is 2.42. The molecule has 1 aliphatic rings. The highest BCUT2D eigenvalue weighted by Gasteiger charge is 2.48. The van der Waals surface area contributed by atoms with E-state index in [1.165, 1.54) is 6.07 Å². The lowest BCUT2D eigenvalue weighted by Crippen LogP contribution is -2.46. The smallest absolute Gasteiger partial charge is 0.188 e. The summed E-state index contributed by atoms with van der Waals surface area (Å²) in [7, 11) is 0. The van der Waals surface area contributed by atoms with Crippen molar-refractivity contribution in [2.75, 3.05) is 6.61 Å². The van der Waals surface area contributed by atoms with Crippen molar-refractivity contribution < 1.29 is 19.7 Å². The highest BCUT2D eigenvalue weighted by Crippen LogP contribution is 2.46. The van der Waals surface area contributed by atoms with Crippen LogP contribution in [0.3, 0.4) is 0 Å². The van der Waals surface area contributed by atoms with E-state index >= 15 is 0 Å². The van der Waals surface area contributed by atoms with Gasteiger partial charge in [-0.25, -0.2) is 0 Å². The molecule has 1 atom stereocenters. The third-order valence-corrected chi connectivity index (χ3v) is 4.94. The van der Waals surface area contributed by atoms with Gasteiger partial charge in [-0.05, 0) is 23.3 Å². The van der Waals surface area contributed by atoms with Crippen molar-refractivity contribution in [3.05, 3.63) is 88.4 Å². The van der Waals surface area contributed by atoms with Gasteiger partial charge in [-0.3, -0.25) is 4.79 Å². The van der Waals surface area contributed by atoms with E-state index in [0.29, 0.717) is 10.6 Å². The van der Waals surface area contributed by atoms with Gasteiger partial charge in [-0.15, -0.1) is 0 Å². The molecule has 1 heterocycles. The molecule has 0 bridgehead atoms. The van der Waals surface area contributed by atoms with Crippen LogP contribution >= 0.6 is 11.6 Å². The maximum absolute atomic E-state index is 13.6. The maximum atomic E-state index is 13.6.